The fourth-order valence-corrected chi connectivity index (χ4v) is 4.66. The van der Waals surface area contributed by atoms with Crippen LogP contribution in [-0.2, 0) is 24.1 Å². The van der Waals surface area contributed by atoms with Crippen LogP contribution in [0.15, 0.2) is 17.4 Å². The topological polar surface area (TPSA) is 78.5 Å². The van der Waals surface area contributed by atoms with Gasteiger partial charge in [0.05, 0.1) is 31.2 Å². The van der Waals surface area contributed by atoms with Gasteiger partial charge in [0, 0.05) is 17.5 Å². The number of aryl methyl sites for hydroxylation is 2. The molecule has 2 N–H and O–H groups in total. The number of aromatic amines is 1. The van der Waals surface area contributed by atoms with Gasteiger partial charge in [-0.15, -0.1) is 17.9 Å². The number of thiophene rings is 1. The van der Waals surface area contributed by atoms with Gasteiger partial charge in [-0.1, -0.05) is 6.08 Å². The fourth-order valence-electron chi connectivity index (χ4n) is 3.38. The Morgan fingerprint density at radius 1 is 1.46 bits per heavy atom. The molecule has 2 aromatic rings. The van der Waals surface area contributed by atoms with Crippen molar-refractivity contribution < 1.29 is 9.84 Å². The van der Waals surface area contributed by atoms with Gasteiger partial charge in [-0.05, 0) is 38.7 Å². The molecule has 0 aliphatic heterocycles. The number of nitrogens with zero attached hydrogens (tertiary/aromatic N) is 2. The molecule has 0 fully saturated rings. The molecule has 142 valence electrons. The summed E-state index contributed by atoms with van der Waals surface area (Å²) in [6.45, 7) is 9.35. The van der Waals surface area contributed by atoms with Crippen LogP contribution in [-0.4, -0.2) is 51.9 Å². The molecule has 0 saturated heterocycles. The molecule has 0 bridgehead atoms. The molecule has 0 aromatic carbocycles. The van der Waals surface area contributed by atoms with Gasteiger partial charge in [0.1, 0.15) is 10.7 Å². The van der Waals surface area contributed by atoms with Crippen LogP contribution in [0.3, 0.4) is 0 Å². The molecule has 1 aliphatic carbocycles. The molecule has 7 heteroatoms. The van der Waals surface area contributed by atoms with E-state index in [1.165, 1.54) is 10.4 Å². The lowest BCUT2D eigenvalue weighted by Gasteiger charge is -2.28. The number of hydrogen-bond donors (Lipinski definition) is 2. The summed E-state index contributed by atoms with van der Waals surface area (Å²) in [5, 5.41) is 11.0. The number of hydrogen-bond acceptors (Lipinski definition) is 6. The van der Waals surface area contributed by atoms with E-state index in [4.69, 9.17) is 9.72 Å². The van der Waals surface area contributed by atoms with Crippen LogP contribution in [0.25, 0.3) is 10.2 Å². The second kappa shape index (κ2) is 8.43. The van der Waals surface area contributed by atoms with Crippen molar-refractivity contribution in [2.45, 2.75) is 51.8 Å². The van der Waals surface area contributed by atoms with Crippen LogP contribution in [0, 0.1) is 0 Å². The number of H-pyrrole nitrogens is 1. The normalized spacial score (nSPS) is 15.1. The first kappa shape index (κ1) is 19.2. The lowest BCUT2D eigenvalue weighted by Crippen LogP contribution is -2.39. The van der Waals surface area contributed by atoms with Crippen molar-refractivity contribution in [2.75, 3.05) is 19.8 Å². The predicted octanol–water partition coefficient (Wildman–Crippen LogP) is 2.25. The lowest BCUT2D eigenvalue weighted by molar-refractivity contribution is 0.0172. The molecule has 0 amide bonds. The molecule has 0 spiro atoms. The van der Waals surface area contributed by atoms with E-state index in [1.54, 1.807) is 17.4 Å². The van der Waals surface area contributed by atoms with Gasteiger partial charge < -0.3 is 14.8 Å². The average molecular weight is 378 g/mol. The van der Waals surface area contributed by atoms with Crippen LogP contribution in [0.5, 0.6) is 0 Å². The maximum absolute atomic E-state index is 12.6. The SMILES string of the molecule is C=CCOC[C@@H](O)CN(Cc1nc2sc3c(c2c(=O)[nH]1)CCC3)C(C)C. The highest BCUT2D eigenvalue weighted by Gasteiger charge is 2.22. The van der Waals surface area contributed by atoms with Gasteiger partial charge in [0.25, 0.3) is 5.56 Å². The monoisotopic (exact) mass is 377 g/mol. The largest absolute Gasteiger partial charge is 0.389 e. The van der Waals surface area contributed by atoms with Crippen LogP contribution in [0.4, 0.5) is 0 Å². The summed E-state index contributed by atoms with van der Waals surface area (Å²) in [5.74, 6) is 0.648. The summed E-state index contributed by atoms with van der Waals surface area (Å²) in [5.41, 5.74) is 1.16. The van der Waals surface area contributed by atoms with Crippen molar-refractivity contribution in [3.8, 4) is 0 Å². The second-order valence-corrected chi connectivity index (χ2v) is 8.14. The highest BCUT2D eigenvalue weighted by molar-refractivity contribution is 7.18. The molecule has 1 atom stereocenters. The van der Waals surface area contributed by atoms with Crippen LogP contribution < -0.4 is 5.56 Å². The van der Waals surface area contributed by atoms with E-state index in [1.807, 2.05) is 0 Å². The quantitative estimate of drug-likeness (QED) is 0.518. The molecule has 6 nitrogen and oxygen atoms in total. The Morgan fingerprint density at radius 3 is 3.00 bits per heavy atom. The van der Waals surface area contributed by atoms with Crippen LogP contribution in [0.1, 0.15) is 36.5 Å². The van der Waals surface area contributed by atoms with Gasteiger partial charge in [0.2, 0.25) is 0 Å². The third-order valence-corrected chi connectivity index (χ3v) is 5.88. The van der Waals surface area contributed by atoms with E-state index < -0.39 is 6.10 Å². The van der Waals surface area contributed by atoms with Crippen LogP contribution in [0.2, 0.25) is 0 Å². The first-order valence-electron chi connectivity index (χ1n) is 9.13. The Bertz CT molecular complexity index is 827. The van der Waals surface area contributed by atoms with E-state index in [2.05, 4.69) is 30.3 Å². The Morgan fingerprint density at radius 2 is 2.27 bits per heavy atom. The zero-order chi connectivity index (χ0) is 18.7. The van der Waals surface area contributed by atoms with E-state index in [-0.39, 0.29) is 18.2 Å². The molecule has 0 unspecified atom stereocenters. The van der Waals surface area contributed by atoms with E-state index in [0.717, 1.165) is 29.5 Å². The summed E-state index contributed by atoms with van der Waals surface area (Å²) in [6.07, 6.45) is 4.23. The molecule has 0 saturated carbocycles. The Kier molecular flexibility index (Phi) is 6.24. The Hall–Kier alpha value is -1.54. The zero-order valence-electron chi connectivity index (χ0n) is 15.5. The van der Waals surface area contributed by atoms with Crippen molar-refractivity contribution in [1.82, 2.24) is 14.9 Å². The van der Waals surface area contributed by atoms with Crippen LogP contribution >= 0.6 is 11.3 Å². The van der Waals surface area contributed by atoms with Gasteiger partial charge >= 0.3 is 0 Å². The smallest absolute Gasteiger partial charge is 0.259 e. The summed E-state index contributed by atoms with van der Waals surface area (Å²) >= 11 is 1.65. The Balaban J connectivity index is 1.75. The third kappa shape index (κ3) is 4.23. The summed E-state index contributed by atoms with van der Waals surface area (Å²) in [6, 6.07) is 0.207. The van der Waals surface area contributed by atoms with E-state index in [9.17, 15) is 9.90 Å². The number of rotatable bonds is 9. The molecule has 0 radical (unpaired) electrons. The number of aliphatic hydroxyl groups is 1. The number of nitrogens with one attached hydrogen (secondary N) is 1. The maximum atomic E-state index is 12.6. The number of fused-ring (bicyclic) bond motifs is 3. The van der Waals surface area contributed by atoms with Gasteiger partial charge in [-0.3, -0.25) is 9.69 Å². The van der Waals surface area contributed by atoms with Crippen molar-refractivity contribution >= 4 is 21.6 Å². The zero-order valence-corrected chi connectivity index (χ0v) is 16.3. The highest BCUT2D eigenvalue weighted by Crippen LogP contribution is 2.34. The lowest BCUT2D eigenvalue weighted by atomic mass is 10.2. The molecular weight excluding hydrogens is 350 g/mol. The first-order chi connectivity index (χ1) is 12.5. The predicted molar refractivity (Wildman–Crippen MR) is 105 cm³/mol. The average Bonchev–Trinajstić information content (AvgIpc) is 3.14. The standard InChI is InChI=1S/C19H27N3O3S/c1-4-8-25-11-13(23)9-22(12(2)3)10-16-20-18(24)17-14-6-5-7-15(14)26-19(17)21-16/h4,12-13,23H,1,5-11H2,2-3H3,(H,20,21,24)/t13-/m0/s1. The summed E-state index contributed by atoms with van der Waals surface area (Å²) < 4.78 is 5.32. The van der Waals surface area contributed by atoms with Crippen molar-refractivity contribution in [2.24, 2.45) is 0 Å². The number of ether oxygens (including phenoxy) is 1. The summed E-state index contributed by atoms with van der Waals surface area (Å²) in [7, 11) is 0. The highest BCUT2D eigenvalue weighted by atomic mass is 32.1. The molecule has 2 aromatic heterocycles. The first-order valence-corrected chi connectivity index (χ1v) is 9.95. The number of aromatic nitrogens is 2. The van der Waals surface area contributed by atoms with E-state index >= 15 is 0 Å². The minimum atomic E-state index is -0.599. The summed E-state index contributed by atoms with van der Waals surface area (Å²) in [4.78, 5) is 24.5. The van der Waals surface area contributed by atoms with Gasteiger partial charge in [0.15, 0.2) is 0 Å². The second-order valence-electron chi connectivity index (χ2n) is 7.05. The molecule has 26 heavy (non-hydrogen) atoms. The molecule has 1 aliphatic rings. The fraction of sp³-hybridized carbons (Fsp3) is 0.579. The maximum Gasteiger partial charge on any atom is 0.259 e. The minimum Gasteiger partial charge on any atom is -0.389 e. The van der Waals surface area contributed by atoms with Crippen molar-refractivity contribution in [1.29, 1.82) is 0 Å². The van der Waals surface area contributed by atoms with E-state index in [0.29, 0.717) is 25.5 Å². The molecule has 2 heterocycles. The van der Waals surface area contributed by atoms with Crippen molar-refractivity contribution in [3.63, 3.8) is 0 Å². The number of aliphatic hydroxyl groups excluding tert-OH is 1. The minimum absolute atomic E-state index is 0.0389. The third-order valence-electron chi connectivity index (χ3n) is 4.70. The Labute approximate surface area is 157 Å². The van der Waals surface area contributed by atoms with Gasteiger partial charge in [-0.25, -0.2) is 4.98 Å². The molecular formula is C19H27N3O3S. The van der Waals surface area contributed by atoms with Gasteiger partial charge in [-0.2, -0.15) is 0 Å². The van der Waals surface area contributed by atoms with Crippen molar-refractivity contribution in [3.05, 3.63) is 39.3 Å². The molecule has 3 rings (SSSR count).